The highest BCUT2D eigenvalue weighted by atomic mass is 35.5. The zero-order valence-corrected chi connectivity index (χ0v) is 10.6. The lowest BCUT2D eigenvalue weighted by Crippen LogP contribution is -2.48. The average molecular weight is 273 g/mol. The average Bonchev–Trinajstić information content (AvgIpc) is 2.27. The van der Waals surface area contributed by atoms with Gasteiger partial charge < -0.3 is 4.74 Å². The molecule has 3 nitrogen and oxygen atoms in total. The van der Waals surface area contributed by atoms with Crippen molar-refractivity contribution in [1.29, 1.82) is 0 Å². The van der Waals surface area contributed by atoms with Crippen molar-refractivity contribution < 1.29 is 14.3 Å². The molecule has 0 unspecified atom stereocenters. The van der Waals surface area contributed by atoms with Crippen molar-refractivity contribution in [2.24, 2.45) is 0 Å². The molecule has 0 radical (unpaired) electrons. The first kappa shape index (κ1) is 12.4. The minimum atomic E-state index is -0.875. The number of benzene rings is 1. The van der Waals surface area contributed by atoms with Crippen LogP contribution in [-0.4, -0.2) is 18.9 Å². The van der Waals surface area contributed by atoms with Gasteiger partial charge in [0.15, 0.2) is 0 Å². The summed E-state index contributed by atoms with van der Waals surface area (Å²) in [6.45, 7) is 0. The fourth-order valence-corrected chi connectivity index (χ4v) is 2.37. The van der Waals surface area contributed by atoms with E-state index < -0.39 is 11.4 Å². The molecular weight excluding hydrogens is 263 g/mol. The molecule has 17 heavy (non-hydrogen) atoms. The van der Waals surface area contributed by atoms with E-state index in [0.717, 1.165) is 0 Å². The van der Waals surface area contributed by atoms with Gasteiger partial charge in [-0.25, -0.2) is 0 Å². The monoisotopic (exact) mass is 272 g/mol. The van der Waals surface area contributed by atoms with E-state index in [-0.39, 0.29) is 18.6 Å². The summed E-state index contributed by atoms with van der Waals surface area (Å²) in [7, 11) is 1.31. The second-order valence-electron chi connectivity index (χ2n) is 4.09. The molecule has 1 aliphatic carbocycles. The number of esters is 1. The van der Waals surface area contributed by atoms with Gasteiger partial charge in [-0.1, -0.05) is 29.3 Å². The summed E-state index contributed by atoms with van der Waals surface area (Å²) in [6.07, 6.45) is 0.329. The molecule has 0 aliphatic heterocycles. The molecular formula is C12H10Cl2O3. The Balaban J connectivity index is 2.44. The second kappa shape index (κ2) is 4.31. The number of halogens is 2. The summed E-state index contributed by atoms with van der Waals surface area (Å²) < 4.78 is 4.76. The van der Waals surface area contributed by atoms with Gasteiger partial charge in [-0.2, -0.15) is 0 Å². The van der Waals surface area contributed by atoms with Crippen LogP contribution in [0.15, 0.2) is 18.2 Å². The molecule has 1 aromatic carbocycles. The van der Waals surface area contributed by atoms with Gasteiger partial charge in [0.2, 0.25) is 0 Å². The van der Waals surface area contributed by atoms with Crippen molar-refractivity contribution in [3.05, 3.63) is 33.8 Å². The highest BCUT2D eigenvalue weighted by Gasteiger charge is 2.52. The molecule has 0 saturated heterocycles. The number of hydrogen-bond acceptors (Lipinski definition) is 3. The van der Waals surface area contributed by atoms with Crippen LogP contribution in [-0.2, 0) is 19.7 Å². The van der Waals surface area contributed by atoms with Crippen LogP contribution >= 0.6 is 23.2 Å². The number of methoxy groups -OCH3 is 1. The van der Waals surface area contributed by atoms with Crippen molar-refractivity contribution in [1.82, 2.24) is 0 Å². The summed E-state index contributed by atoms with van der Waals surface area (Å²) in [6, 6.07) is 4.94. The van der Waals surface area contributed by atoms with E-state index >= 15 is 0 Å². The SMILES string of the molecule is COC(=O)C1(c2ccc(Cl)c(Cl)c2)CC(=O)C1. The van der Waals surface area contributed by atoms with Crippen molar-refractivity contribution in [2.75, 3.05) is 7.11 Å². The lowest BCUT2D eigenvalue weighted by atomic mass is 9.63. The number of ether oxygens (including phenoxy) is 1. The van der Waals surface area contributed by atoms with Crippen LogP contribution < -0.4 is 0 Å². The zero-order chi connectivity index (χ0) is 12.6. The maximum Gasteiger partial charge on any atom is 0.317 e. The largest absolute Gasteiger partial charge is 0.468 e. The minimum Gasteiger partial charge on any atom is -0.468 e. The maximum atomic E-state index is 11.8. The summed E-state index contributed by atoms with van der Waals surface area (Å²) in [5.41, 5.74) is -0.196. The first-order valence-electron chi connectivity index (χ1n) is 5.05. The molecule has 1 aliphatic rings. The van der Waals surface area contributed by atoms with Crippen molar-refractivity contribution in [2.45, 2.75) is 18.3 Å². The first-order valence-corrected chi connectivity index (χ1v) is 5.81. The molecule has 0 spiro atoms. The van der Waals surface area contributed by atoms with Crippen LogP contribution in [0.5, 0.6) is 0 Å². The predicted molar refractivity (Wildman–Crippen MR) is 64.4 cm³/mol. The molecule has 2 rings (SSSR count). The van der Waals surface area contributed by atoms with E-state index in [1.54, 1.807) is 18.2 Å². The van der Waals surface area contributed by atoms with Crippen LogP contribution in [0.4, 0.5) is 0 Å². The van der Waals surface area contributed by atoms with Gasteiger partial charge >= 0.3 is 5.97 Å². The van der Waals surface area contributed by atoms with Gasteiger partial charge in [0.05, 0.1) is 17.2 Å². The topological polar surface area (TPSA) is 43.4 Å². The van der Waals surface area contributed by atoms with Gasteiger partial charge in [0.25, 0.3) is 0 Å². The molecule has 1 fully saturated rings. The van der Waals surface area contributed by atoms with E-state index in [2.05, 4.69) is 0 Å². The standard InChI is InChI=1S/C12H10Cl2O3/c1-17-11(16)12(5-8(15)6-12)7-2-3-9(13)10(14)4-7/h2-4H,5-6H2,1H3. The van der Waals surface area contributed by atoms with Gasteiger partial charge in [-0.3, -0.25) is 9.59 Å². The van der Waals surface area contributed by atoms with Crippen LogP contribution in [0, 0.1) is 0 Å². The van der Waals surface area contributed by atoms with E-state index in [1.807, 2.05) is 0 Å². The minimum absolute atomic E-state index is 0.0430. The zero-order valence-electron chi connectivity index (χ0n) is 9.13. The van der Waals surface area contributed by atoms with E-state index in [1.165, 1.54) is 7.11 Å². The van der Waals surface area contributed by atoms with Gasteiger partial charge in [0, 0.05) is 12.8 Å². The Morgan fingerprint density at radius 3 is 2.41 bits per heavy atom. The Morgan fingerprint density at radius 1 is 1.29 bits per heavy atom. The summed E-state index contributed by atoms with van der Waals surface area (Å²) in [5, 5.41) is 0.785. The summed E-state index contributed by atoms with van der Waals surface area (Å²) >= 11 is 11.7. The summed E-state index contributed by atoms with van der Waals surface area (Å²) in [4.78, 5) is 23.0. The predicted octanol–water partition coefficient (Wildman–Crippen LogP) is 2.77. The van der Waals surface area contributed by atoms with Crippen LogP contribution in [0.1, 0.15) is 18.4 Å². The number of rotatable bonds is 2. The lowest BCUT2D eigenvalue weighted by molar-refractivity contribution is -0.156. The molecule has 0 N–H and O–H groups in total. The molecule has 0 aromatic heterocycles. The third-order valence-electron chi connectivity index (χ3n) is 3.05. The van der Waals surface area contributed by atoms with Gasteiger partial charge in [0.1, 0.15) is 11.2 Å². The smallest absolute Gasteiger partial charge is 0.317 e. The molecule has 0 heterocycles. The molecule has 90 valence electrons. The van der Waals surface area contributed by atoms with Crippen LogP contribution in [0.3, 0.4) is 0 Å². The Hall–Kier alpha value is -1.06. The van der Waals surface area contributed by atoms with E-state index in [0.29, 0.717) is 15.6 Å². The van der Waals surface area contributed by atoms with Crippen LogP contribution in [0.25, 0.3) is 0 Å². The quantitative estimate of drug-likeness (QED) is 0.778. The molecule has 0 amide bonds. The fraction of sp³-hybridized carbons (Fsp3) is 0.333. The number of Topliss-reactive ketones (excluding diaryl/α,β-unsaturated/α-hetero) is 1. The van der Waals surface area contributed by atoms with Crippen molar-refractivity contribution in [3.8, 4) is 0 Å². The van der Waals surface area contributed by atoms with Crippen molar-refractivity contribution in [3.63, 3.8) is 0 Å². The lowest BCUT2D eigenvalue weighted by Gasteiger charge is -2.37. The number of carbonyl (C=O) groups excluding carboxylic acids is 2. The third-order valence-corrected chi connectivity index (χ3v) is 3.79. The fourth-order valence-electron chi connectivity index (χ4n) is 2.08. The van der Waals surface area contributed by atoms with E-state index in [9.17, 15) is 9.59 Å². The molecule has 0 bridgehead atoms. The highest BCUT2D eigenvalue weighted by Crippen LogP contribution is 2.43. The van der Waals surface area contributed by atoms with E-state index in [4.69, 9.17) is 27.9 Å². The first-order chi connectivity index (χ1) is 7.99. The van der Waals surface area contributed by atoms with Crippen molar-refractivity contribution >= 4 is 35.0 Å². The highest BCUT2D eigenvalue weighted by molar-refractivity contribution is 6.42. The Kier molecular flexibility index (Phi) is 3.15. The molecule has 1 aromatic rings. The number of carbonyl (C=O) groups is 2. The maximum absolute atomic E-state index is 11.8. The molecule has 0 atom stereocenters. The second-order valence-corrected chi connectivity index (χ2v) is 4.91. The van der Waals surface area contributed by atoms with Gasteiger partial charge in [-0.15, -0.1) is 0 Å². The number of hydrogen-bond donors (Lipinski definition) is 0. The Bertz CT molecular complexity index is 489. The number of ketones is 1. The normalized spacial score (nSPS) is 17.5. The van der Waals surface area contributed by atoms with Crippen LogP contribution in [0.2, 0.25) is 10.0 Å². The Morgan fingerprint density at radius 2 is 1.94 bits per heavy atom. The Labute approximate surface area is 109 Å². The summed E-state index contributed by atoms with van der Waals surface area (Å²) in [5.74, 6) is -0.364. The molecule has 1 saturated carbocycles. The van der Waals surface area contributed by atoms with Gasteiger partial charge in [-0.05, 0) is 17.7 Å². The molecule has 5 heteroatoms. The third kappa shape index (κ3) is 1.94.